The lowest BCUT2D eigenvalue weighted by Gasteiger charge is -2.15. The molecule has 3 rings (SSSR count). The zero-order chi connectivity index (χ0) is 18.1. The average Bonchev–Trinajstić information content (AvgIpc) is 2.92. The fraction of sp³-hybridized carbons (Fsp3) is 0.333. The van der Waals surface area contributed by atoms with Crippen molar-refractivity contribution >= 4 is 16.9 Å². The SMILES string of the molecule is CCc1ccnc(Cn2c(C(=O)O)cc3cc(C)cc(C(C)C)c32)c1. The van der Waals surface area contributed by atoms with Gasteiger partial charge in [0.25, 0.3) is 0 Å². The lowest BCUT2D eigenvalue weighted by Crippen LogP contribution is -2.11. The Morgan fingerprint density at radius 1 is 1.24 bits per heavy atom. The summed E-state index contributed by atoms with van der Waals surface area (Å²) in [6.45, 7) is 8.90. The van der Waals surface area contributed by atoms with Crippen LogP contribution in [0.1, 0.15) is 59.6 Å². The van der Waals surface area contributed by atoms with Gasteiger partial charge in [0.2, 0.25) is 0 Å². The molecule has 0 aliphatic rings. The topological polar surface area (TPSA) is 55.1 Å². The third-order valence-corrected chi connectivity index (χ3v) is 4.62. The number of aromatic nitrogens is 2. The van der Waals surface area contributed by atoms with Gasteiger partial charge in [0.05, 0.1) is 17.8 Å². The first-order valence-electron chi connectivity index (χ1n) is 8.71. The highest BCUT2D eigenvalue weighted by atomic mass is 16.4. The fourth-order valence-corrected chi connectivity index (χ4v) is 3.38. The van der Waals surface area contributed by atoms with Gasteiger partial charge in [-0.15, -0.1) is 0 Å². The number of carboxylic acid groups (broad SMARTS) is 1. The van der Waals surface area contributed by atoms with E-state index >= 15 is 0 Å². The first kappa shape index (κ1) is 17.2. The molecule has 0 fully saturated rings. The highest BCUT2D eigenvalue weighted by Crippen LogP contribution is 2.30. The van der Waals surface area contributed by atoms with Gasteiger partial charge in [0, 0.05) is 11.6 Å². The van der Waals surface area contributed by atoms with Crippen molar-refractivity contribution in [1.82, 2.24) is 9.55 Å². The quantitative estimate of drug-likeness (QED) is 0.729. The zero-order valence-electron chi connectivity index (χ0n) is 15.2. The summed E-state index contributed by atoms with van der Waals surface area (Å²) in [5.74, 6) is -0.595. The number of hydrogen-bond donors (Lipinski definition) is 1. The van der Waals surface area contributed by atoms with Crippen LogP contribution in [-0.2, 0) is 13.0 Å². The van der Waals surface area contributed by atoms with Gasteiger partial charge in [0.15, 0.2) is 0 Å². The van der Waals surface area contributed by atoms with Gasteiger partial charge >= 0.3 is 5.97 Å². The van der Waals surface area contributed by atoms with Crippen LogP contribution >= 0.6 is 0 Å². The van der Waals surface area contributed by atoms with E-state index in [2.05, 4.69) is 50.9 Å². The smallest absolute Gasteiger partial charge is 0.352 e. The molecule has 4 heteroatoms. The first-order chi connectivity index (χ1) is 11.9. The molecule has 0 saturated carbocycles. The summed E-state index contributed by atoms with van der Waals surface area (Å²) < 4.78 is 1.90. The molecule has 0 saturated heterocycles. The highest BCUT2D eigenvalue weighted by molar-refractivity contribution is 5.96. The Morgan fingerprint density at radius 2 is 2.00 bits per heavy atom. The largest absolute Gasteiger partial charge is 0.477 e. The molecule has 4 nitrogen and oxygen atoms in total. The van der Waals surface area contributed by atoms with Crippen LogP contribution in [0.15, 0.2) is 36.5 Å². The van der Waals surface area contributed by atoms with Gasteiger partial charge in [-0.3, -0.25) is 4.98 Å². The monoisotopic (exact) mass is 336 g/mol. The van der Waals surface area contributed by atoms with Crippen molar-refractivity contribution in [3.63, 3.8) is 0 Å². The van der Waals surface area contributed by atoms with Crippen molar-refractivity contribution in [2.75, 3.05) is 0 Å². The molecule has 0 bridgehead atoms. The molecule has 25 heavy (non-hydrogen) atoms. The van der Waals surface area contributed by atoms with Gasteiger partial charge in [-0.2, -0.15) is 0 Å². The third-order valence-electron chi connectivity index (χ3n) is 4.62. The lowest BCUT2D eigenvalue weighted by molar-refractivity contribution is 0.0686. The second-order valence-electron chi connectivity index (χ2n) is 6.88. The van der Waals surface area contributed by atoms with E-state index in [0.29, 0.717) is 18.2 Å². The minimum Gasteiger partial charge on any atom is -0.477 e. The van der Waals surface area contributed by atoms with E-state index in [-0.39, 0.29) is 0 Å². The number of carboxylic acids is 1. The number of nitrogens with zero attached hydrogens (tertiary/aromatic N) is 2. The van der Waals surface area contributed by atoms with Crippen LogP contribution in [0.2, 0.25) is 0 Å². The second kappa shape index (κ2) is 6.71. The van der Waals surface area contributed by atoms with Crippen LogP contribution < -0.4 is 0 Å². The summed E-state index contributed by atoms with van der Waals surface area (Å²) in [7, 11) is 0. The van der Waals surface area contributed by atoms with Crippen LogP contribution in [0.5, 0.6) is 0 Å². The van der Waals surface area contributed by atoms with Crippen molar-refractivity contribution < 1.29 is 9.90 Å². The third kappa shape index (κ3) is 3.29. The van der Waals surface area contributed by atoms with Gasteiger partial charge in [-0.1, -0.05) is 32.4 Å². The van der Waals surface area contributed by atoms with Crippen molar-refractivity contribution in [3.8, 4) is 0 Å². The molecule has 0 radical (unpaired) electrons. The molecule has 1 N–H and O–H groups in total. The Balaban J connectivity index is 2.23. The van der Waals surface area contributed by atoms with Gasteiger partial charge < -0.3 is 9.67 Å². The summed E-state index contributed by atoms with van der Waals surface area (Å²) in [6.07, 6.45) is 2.73. The van der Waals surface area contributed by atoms with Crippen LogP contribution in [0.4, 0.5) is 0 Å². The summed E-state index contributed by atoms with van der Waals surface area (Å²) in [4.78, 5) is 16.3. The molecular weight excluding hydrogens is 312 g/mol. The molecular formula is C21H24N2O2. The van der Waals surface area contributed by atoms with Crippen molar-refractivity contribution in [3.05, 3.63) is 64.6 Å². The van der Waals surface area contributed by atoms with E-state index < -0.39 is 5.97 Å². The van der Waals surface area contributed by atoms with E-state index in [4.69, 9.17) is 0 Å². The van der Waals surface area contributed by atoms with E-state index in [1.54, 1.807) is 12.3 Å². The summed E-state index contributed by atoms with van der Waals surface area (Å²) in [6, 6.07) is 10.0. The molecule has 3 aromatic rings. The Kier molecular flexibility index (Phi) is 4.62. The Bertz CT molecular complexity index is 938. The van der Waals surface area contributed by atoms with Crippen molar-refractivity contribution in [1.29, 1.82) is 0 Å². The van der Waals surface area contributed by atoms with Crippen molar-refractivity contribution in [2.24, 2.45) is 0 Å². The van der Waals surface area contributed by atoms with E-state index in [1.807, 2.05) is 10.6 Å². The maximum absolute atomic E-state index is 11.8. The van der Waals surface area contributed by atoms with Crippen LogP contribution in [-0.4, -0.2) is 20.6 Å². The Morgan fingerprint density at radius 3 is 2.64 bits per heavy atom. The molecule has 0 atom stereocenters. The standard InChI is InChI=1S/C21H24N2O2/c1-5-15-6-7-22-17(10-15)12-23-19(21(24)25)11-16-8-14(4)9-18(13(2)3)20(16)23/h6-11,13H,5,12H2,1-4H3,(H,24,25). The number of pyridine rings is 1. The number of aromatic carboxylic acids is 1. The van der Waals surface area contributed by atoms with E-state index in [0.717, 1.165) is 28.6 Å². The number of benzene rings is 1. The van der Waals surface area contributed by atoms with E-state index in [1.165, 1.54) is 11.1 Å². The number of carbonyl (C=O) groups is 1. The average molecular weight is 336 g/mol. The van der Waals surface area contributed by atoms with Gasteiger partial charge in [0.1, 0.15) is 5.69 Å². The first-order valence-corrected chi connectivity index (χ1v) is 8.71. The zero-order valence-corrected chi connectivity index (χ0v) is 15.2. The van der Waals surface area contributed by atoms with Crippen LogP contribution in [0.3, 0.4) is 0 Å². The predicted molar refractivity (Wildman–Crippen MR) is 100 cm³/mol. The number of rotatable bonds is 5. The van der Waals surface area contributed by atoms with Crippen LogP contribution in [0, 0.1) is 6.92 Å². The molecule has 0 aliphatic carbocycles. The Labute approximate surface area is 148 Å². The molecule has 0 aliphatic heterocycles. The van der Waals surface area contributed by atoms with Crippen molar-refractivity contribution in [2.45, 2.75) is 46.6 Å². The lowest BCUT2D eigenvalue weighted by atomic mass is 9.98. The maximum atomic E-state index is 11.8. The molecule has 2 heterocycles. The minimum atomic E-state index is -0.907. The number of fused-ring (bicyclic) bond motifs is 1. The molecule has 1 aromatic carbocycles. The number of aryl methyl sites for hydroxylation is 2. The number of hydrogen-bond acceptors (Lipinski definition) is 2. The Hall–Kier alpha value is -2.62. The van der Waals surface area contributed by atoms with Gasteiger partial charge in [-0.25, -0.2) is 4.79 Å². The summed E-state index contributed by atoms with van der Waals surface area (Å²) in [5, 5.41) is 10.7. The predicted octanol–water partition coefficient (Wildman–Crippen LogP) is 4.78. The normalized spacial score (nSPS) is 11.4. The maximum Gasteiger partial charge on any atom is 0.352 e. The molecule has 0 amide bonds. The minimum absolute atomic E-state index is 0.311. The molecule has 130 valence electrons. The second-order valence-corrected chi connectivity index (χ2v) is 6.88. The fourth-order valence-electron chi connectivity index (χ4n) is 3.38. The van der Waals surface area contributed by atoms with Crippen LogP contribution in [0.25, 0.3) is 10.9 Å². The highest BCUT2D eigenvalue weighted by Gasteiger charge is 2.19. The molecule has 0 unspecified atom stereocenters. The molecule has 0 spiro atoms. The van der Waals surface area contributed by atoms with E-state index in [9.17, 15) is 9.90 Å². The molecule has 2 aromatic heterocycles. The van der Waals surface area contributed by atoms with Gasteiger partial charge in [-0.05, 0) is 54.7 Å². The summed E-state index contributed by atoms with van der Waals surface area (Å²) in [5.41, 5.74) is 5.73. The summed E-state index contributed by atoms with van der Waals surface area (Å²) >= 11 is 0.